The summed E-state index contributed by atoms with van der Waals surface area (Å²) in [7, 11) is 0. The van der Waals surface area contributed by atoms with Crippen LogP contribution in [0.2, 0.25) is 0 Å². The van der Waals surface area contributed by atoms with Gasteiger partial charge in [-0.3, -0.25) is 9.59 Å². The zero-order chi connectivity index (χ0) is 19.8. The normalized spacial score (nSPS) is 11.8. The number of hydrogen-bond acceptors (Lipinski definition) is 3. The minimum atomic E-state index is -0.620. The summed E-state index contributed by atoms with van der Waals surface area (Å²) in [5.41, 5.74) is 6.81. The number of anilines is 1. The van der Waals surface area contributed by atoms with Gasteiger partial charge in [-0.15, -0.1) is 0 Å². The predicted molar refractivity (Wildman–Crippen MR) is 113 cm³/mol. The summed E-state index contributed by atoms with van der Waals surface area (Å²) in [5, 5.41) is 7.95. The molecule has 0 radical (unpaired) electrons. The van der Waals surface area contributed by atoms with Gasteiger partial charge in [0, 0.05) is 11.3 Å². The van der Waals surface area contributed by atoms with Gasteiger partial charge in [0.25, 0.3) is 5.91 Å². The van der Waals surface area contributed by atoms with E-state index in [1.54, 1.807) is 24.3 Å². The van der Waals surface area contributed by atoms with Crippen LogP contribution < -0.4 is 16.4 Å². The first kappa shape index (κ1) is 19.6. The zero-order valence-electron chi connectivity index (χ0n) is 15.7. The molecule has 4 N–H and O–H groups in total. The predicted octanol–water partition coefficient (Wildman–Crippen LogP) is 3.71. The Labute approximate surface area is 164 Å². The molecule has 0 aliphatic carbocycles. The molecule has 5 nitrogen and oxygen atoms in total. The molecule has 0 aliphatic heterocycles. The Morgan fingerprint density at radius 1 is 0.857 bits per heavy atom. The average Bonchev–Trinajstić information content (AvgIpc) is 2.73. The van der Waals surface area contributed by atoms with E-state index < -0.39 is 6.04 Å². The van der Waals surface area contributed by atoms with Crippen LogP contribution in [0, 0.1) is 0 Å². The molecular weight excluding hydrogens is 350 g/mol. The summed E-state index contributed by atoms with van der Waals surface area (Å²) in [4.78, 5) is 25.4. The van der Waals surface area contributed by atoms with E-state index in [4.69, 9.17) is 5.73 Å². The molecule has 0 bridgehead atoms. The summed E-state index contributed by atoms with van der Waals surface area (Å²) >= 11 is 0. The summed E-state index contributed by atoms with van der Waals surface area (Å²) in [6, 6.07) is 22.0. The van der Waals surface area contributed by atoms with Crippen molar-refractivity contribution in [2.45, 2.75) is 25.3 Å². The number of nitrogens with one attached hydrogen (secondary N) is 2. The highest BCUT2D eigenvalue weighted by molar-refractivity contribution is 6.02. The van der Waals surface area contributed by atoms with Gasteiger partial charge in [0.05, 0.1) is 0 Å². The lowest BCUT2D eigenvalue weighted by atomic mass is 10.1. The highest BCUT2D eigenvalue weighted by Crippen LogP contribution is 2.19. The first-order valence-electron chi connectivity index (χ1n) is 9.53. The molecule has 0 heterocycles. The van der Waals surface area contributed by atoms with Crippen LogP contribution in [0.25, 0.3) is 10.8 Å². The number of amides is 2. The Hall–Kier alpha value is -3.18. The van der Waals surface area contributed by atoms with Crippen molar-refractivity contribution >= 4 is 28.3 Å². The maximum atomic E-state index is 12.9. The van der Waals surface area contributed by atoms with Gasteiger partial charge >= 0.3 is 0 Å². The summed E-state index contributed by atoms with van der Waals surface area (Å²) in [6.45, 7) is 0.561. The van der Waals surface area contributed by atoms with E-state index in [-0.39, 0.29) is 11.8 Å². The number of fused-ring (bicyclic) bond motifs is 1. The molecule has 3 aromatic rings. The van der Waals surface area contributed by atoms with Crippen molar-refractivity contribution < 1.29 is 9.59 Å². The molecule has 0 aromatic heterocycles. The number of rotatable bonds is 8. The number of carbonyl (C=O) groups is 2. The first-order chi connectivity index (χ1) is 13.7. The molecular formula is C23H25N3O2. The van der Waals surface area contributed by atoms with E-state index in [1.807, 2.05) is 48.5 Å². The van der Waals surface area contributed by atoms with E-state index in [0.717, 1.165) is 23.6 Å². The number of hydrogen-bond donors (Lipinski definition) is 3. The average molecular weight is 375 g/mol. The maximum Gasteiger partial charge on any atom is 0.251 e. The van der Waals surface area contributed by atoms with Crippen molar-refractivity contribution in [3.8, 4) is 0 Å². The third-order valence-corrected chi connectivity index (χ3v) is 4.62. The smallest absolute Gasteiger partial charge is 0.251 e. The van der Waals surface area contributed by atoms with Crippen LogP contribution in [0.15, 0.2) is 72.8 Å². The quantitative estimate of drug-likeness (QED) is 0.525. The van der Waals surface area contributed by atoms with E-state index in [2.05, 4.69) is 10.6 Å². The molecule has 3 aromatic carbocycles. The fourth-order valence-corrected chi connectivity index (χ4v) is 3.09. The number of benzene rings is 3. The molecule has 1 atom stereocenters. The van der Waals surface area contributed by atoms with Gasteiger partial charge in [0.15, 0.2) is 0 Å². The van der Waals surface area contributed by atoms with E-state index >= 15 is 0 Å². The lowest BCUT2D eigenvalue weighted by molar-refractivity contribution is -0.118. The minimum absolute atomic E-state index is 0.225. The SMILES string of the molecule is NCCCC[C@H](NC(=O)c1ccccc1)C(=O)Nc1ccc2ccccc2c1. The van der Waals surface area contributed by atoms with Gasteiger partial charge in [-0.2, -0.15) is 0 Å². The van der Waals surface area contributed by atoms with Crippen LogP contribution in [0.5, 0.6) is 0 Å². The fourth-order valence-electron chi connectivity index (χ4n) is 3.09. The molecule has 3 rings (SSSR count). The lowest BCUT2D eigenvalue weighted by Gasteiger charge is -2.19. The third-order valence-electron chi connectivity index (χ3n) is 4.62. The van der Waals surface area contributed by atoms with Crippen molar-refractivity contribution in [3.63, 3.8) is 0 Å². The Balaban J connectivity index is 1.72. The van der Waals surface area contributed by atoms with Gasteiger partial charge in [-0.05, 0) is 60.8 Å². The van der Waals surface area contributed by atoms with Crippen molar-refractivity contribution in [1.82, 2.24) is 5.32 Å². The summed E-state index contributed by atoms with van der Waals surface area (Å²) in [5.74, 6) is -0.483. The van der Waals surface area contributed by atoms with E-state index in [1.165, 1.54) is 0 Å². The standard InChI is InChI=1S/C23H25N3O2/c24-15-7-6-12-21(26-22(27)18-9-2-1-3-10-18)23(28)25-20-14-13-17-8-4-5-11-19(17)16-20/h1-5,8-11,13-14,16,21H,6-7,12,15,24H2,(H,25,28)(H,26,27)/t21-/m0/s1. The van der Waals surface area contributed by atoms with E-state index in [9.17, 15) is 9.59 Å². The van der Waals surface area contributed by atoms with Crippen LogP contribution in [0.4, 0.5) is 5.69 Å². The first-order valence-corrected chi connectivity index (χ1v) is 9.53. The number of carbonyl (C=O) groups excluding carboxylic acids is 2. The molecule has 0 saturated carbocycles. The van der Waals surface area contributed by atoms with Crippen molar-refractivity contribution in [1.29, 1.82) is 0 Å². The Morgan fingerprint density at radius 3 is 2.32 bits per heavy atom. The van der Waals surface area contributed by atoms with Crippen molar-refractivity contribution in [2.24, 2.45) is 5.73 Å². The molecule has 0 aliphatic rings. The van der Waals surface area contributed by atoms with Crippen LogP contribution >= 0.6 is 0 Å². The molecule has 2 amide bonds. The zero-order valence-corrected chi connectivity index (χ0v) is 15.7. The minimum Gasteiger partial charge on any atom is -0.340 e. The van der Waals surface area contributed by atoms with Crippen molar-refractivity contribution in [3.05, 3.63) is 78.4 Å². The third kappa shape index (κ3) is 5.18. The molecule has 0 fully saturated rings. The highest BCUT2D eigenvalue weighted by atomic mass is 16.2. The van der Waals surface area contributed by atoms with Gasteiger partial charge in [-0.25, -0.2) is 0 Å². The molecule has 0 unspecified atom stereocenters. The lowest BCUT2D eigenvalue weighted by Crippen LogP contribution is -2.43. The topological polar surface area (TPSA) is 84.2 Å². The highest BCUT2D eigenvalue weighted by Gasteiger charge is 2.21. The van der Waals surface area contributed by atoms with E-state index in [0.29, 0.717) is 24.2 Å². The molecule has 0 spiro atoms. The fraction of sp³-hybridized carbons (Fsp3) is 0.217. The largest absolute Gasteiger partial charge is 0.340 e. The van der Waals surface area contributed by atoms with Gasteiger partial charge in [-0.1, -0.05) is 48.5 Å². The van der Waals surface area contributed by atoms with Crippen molar-refractivity contribution in [2.75, 3.05) is 11.9 Å². The van der Waals surface area contributed by atoms with Gasteiger partial charge in [0.1, 0.15) is 6.04 Å². The van der Waals surface area contributed by atoms with Crippen LogP contribution in [-0.4, -0.2) is 24.4 Å². The number of nitrogens with two attached hydrogens (primary N) is 1. The Morgan fingerprint density at radius 2 is 1.57 bits per heavy atom. The molecule has 5 heteroatoms. The van der Waals surface area contributed by atoms with Crippen LogP contribution in [0.1, 0.15) is 29.6 Å². The molecule has 144 valence electrons. The van der Waals surface area contributed by atoms with Crippen LogP contribution in [-0.2, 0) is 4.79 Å². The maximum absolute atomic E-state index is 12.9. The molecule has 0 saturated heterocycles. The second kappa shape index (κ2) is 9.67. The molecule has 28 heavy (non-hydrogen) atoms. The second-order valence-corrected chi connectivity index (χ2v) is 6.73. The van der Waals surface area contributed by atoms with Gasteiger partial charge in [0.2, 0.25) is 5.91 Å². The second-order valence-electron chi connectivity index (χ2n) is 6.73. The number of unbranched alkanes of at least 4 members (excludes halogenated alkanes) is 1. The summed E-state index contributed by atoms with van der Waals surface area (Å²) in [6.07, 6.45) is 2.11. The Kier molecular flexibility index (Phi) is 6.76. The monoisotopic (exact) mass is 375 g/mol. The van der Waals surface area contributed by atoms with Crippen LogP contribution in [0.3, 0.4) is 0 Å². The van der Waals surface area contributed by atoms with Gasteiger partial charge < -0.3 is 16.4 Å². The summed E-state index contributed by atoms with van der Waals surface area (Å²) < 4.78 is 0. The Bertz CT molecular complexity index is 941.